The first-order valence-electron chi connectivity index (χ1n) is 12.1. The number of ether oxygens (including phenoxy) is 2. The Morgan fingerprint density at radius 1 is 1.03 bits per heavy atom. The lowest BCUT2D eigenvalue weighted by Gasteiger charge is -2.17. The number of hydrogen-bond donors (Lipinski definition) is 0. The predicted octanol–water partition coefficient (Wildman–Crippen LogP) is 6.24. The van der Waals surface area contributed by atoms with Gasteiger partial charge in [0.1, 0.15) is 12.4 Å². The van der Waals surface area contributed by atoms with Gasteiger partial charge in [0.25, 0.3) is 0 Å². The van der Waals surface area contributed by atoms with Crippen LogP contribution in [0.1, 0.15) is 13.3 Å². The van der Waals surface area contributed by atoms with Crippen LogP contribution in [0.4, 0.5) is 4.79 Å². The van der Waals surface area contributed by atoms with Gasteiger partial charge in [0.15, 0.2) is 0 Å². The van der Waals surface area contributed by atoms with E-state index in [0.717, 1.165) is 33.1 Å². The van der Waals surface area contributed by atoms with Crippen LogP contribution in [-0.2, 0) is 9.53 Å². The summed E-state index contributed by atoms with van der Waals surface area (Å²) in [5, 5.41) is 5.56. The number of nitrogens with zero attached hydrogens (tertiary/aromatic N) is 3. The van der Waals surface area contributed by atoms with Gasteiger partial charge in [-0.1, -0.05) is 67.1 Å². The highest BCUT2D eigenvalue weighted by Crippen LogP contribution is 2.36. The molecule has 1 atom stereocenters. The molecule has 3 aromatic carbocycles. The Bertz CT molecular complexity index is 1420. The molecule has 4 aromatic rings. The van der Waals surface area contributed by atoms with Crippen molar-refractivity contribution in [1.29, 1.82) is 0 Å². The van der Waals surface area contributed by atoms with E-state index in [-0.39, 0.29) is 18.4 Å². The lowest BCUT2D eigenvalue weighted by atomic mass is 10.1. The normalized spacial score (nSPS) is 13.9. The number of imide groups is 1. The smallest absolute Gasteiger partial charge is 0.416 e. The van der Waals surface area contributed by atoms with Gasteiger partial charge in [0, 0.05) is 22.1 Å². The molecule has 0 aliphatic carbocycles. The molecule has 2 amide bonds. The maximum Gasteiger partial charge on any atom is 0.416 e. The summed E-state index contributed by atoms with van der Waals surface area (Å²) in [6, 6.07) is 27.2. The number of aromatic nitrogens is 2. The second-order valence-corrected chi connectivity index (χ2v) is 9.19. The summed E-state index contributed by atoms with van der Waals surface area (Å²) in [5.41, 5.74) is 4.21. The van der Waals surface area contributed by atoms with Crippen LogP contribution in [0.25, 0.3) is 28.2 Å². The van der Waals surface area contributed by atoms with Crippen molar-refractivity contribution in [3.8, 4) is 34.0 Å². The fourth-order valence-electron chi connectivity index (χ4n) is 4.27. The number of cyclic esters (lactones) is 1. The number of amides is 2. The summed E-state index contributed by atoms with van der Waals surface area (Å²) in [4.78, 5) is 25.4. The molecular formula is C29H26ClN3O4. The zero-order valence-corrected chi connectivity index (χ0v) is 21.1. The highest BCUT2D eigenvalue weighted by molar-refractivity contribution is 6.33. The van der Waals surface area contributed by atoms with Crippen LogP contribution < -0.4 is 4.74 Å². The Kier molecular flexibility index (Phi) is 7.23. The maximum absolute atomic E-state index is 12.6. The SMILES string of the molecule is CC(CCOc1ccccc1-c1cc(-c2ccccc2Cl)n(-c2ccccc2)n1)C(=O)N1CCOC1=O. The number of halogens is 1. The minimum atomic E-state index is -0.577. The number of carbonyl (C=O) groups is 2. The van der Waals surface area contributed by atoms with Crippen molar-refractivity contribution in [2.45, 2.75) is 13.3 Å². The van der Waals surface area contributed by atoms with Crippen molar-refractivity contribution < 1.29 is 19.1 Å². The number of rotatable bonds is 8. The first kappa shape index (κ1) is 24.6. The van der Waals surface area contributed by atoms with E-state index < -0.39 is 6.09 Å². The van der Waals surface area contributed by atoms with Crippen molar-refractivity contribution in [3.05, 3.63) is 90.0 Å². The average Bonchev–Trinajstić information content (AvgIpc) is 3.56. The summed E-state index contributed by atoms with van der Waals surface area (Å²) < 4.78 is 12.9. The summed E-state index contributed by atoms with van der Waals surface area (Å²) >= 11 is 6.56. The van der Waals surface area contributed by atoms with E-state index in [9.17, 15) is 9.59 Å². The molecule has 1 aliphatic rings. The third-order valence-corrected chi connectivity index (χ3v) is 6.61. The zero-order chi connectivity index (χ0) is 25.8. The molecule has 188 valence electrons. The Morgan fingerprint density at radius 2 is 1.73 bits per heavy atom. The molecule has 1 unspecified atom stereocenters. The maximum atomic E-state index is 12.6. The first-order valence-corrected chi connectivity index (χ1v) is 12.5. The number of hydrogen-bond acceptors (Lipinski definition) is 5. The standard InChI is InChI=1S/C29H26ClN3O4/c1-20(28(34)32-16-18-37-29(32)35)15-17-36-27-14-8-6-12-23(27)25-19-26(22-11-5-7-13-24(22)30)33(31-25)21-9-3-2-4-10-21/h2-14,19-20H,15-18H2,1H3. The van der Waals surface area contributed by atoms with Gasteiger partial charge in [0.2, 0.25) is 5.91 Å². The topological polar surface area (TPSA) is 73.7 Å². The van der Waals surface area contributed by atoms with Crippen LogP contribution in [0.3, 0.4) is 0 Å². The molecule has 1 fully saturated rings. The largest absolute Gasteiger partial charge is 0.493 e. The quantitative estimate of drug-likeness (QED) is 0.277. The fourth-order valence-corrected chi connectivity index (χ4v) is 4.50. The number of carbonyl (C=O) groups excluding carboxylic acids is 2. The van der Waals surface area contributed by atoms with Gasteiger partial charge in [0.05, 0.1) is 30.2 Å². The molecule has 0 bridgehead atoms. The van der Waals surface area contributed by atoms with Gasteiger partial charge in [-0.15, -0.1) is 0 Å². The molecule has 7 nitrogen and oxygen atoms in total. The van der Waals surface area contributed by atoms with Crippen molar-refractivity contribution in [2.24, 2.45) is 5.92 Å². The summed E-state index contributed by atoms with van der Waals surface area (Å²) in [6.45, 7) is 2.64. The summed E-state index contributed by atoms with van der Waals surface area (Å²) in [6.07, 6.45) is -0.119. The zero-order valence-electron chi connectivity index (χ0n) is 20.3. The Morgan fingerprint density at radius 3 is 2.46 bits per heavy atom. The van der Waals surface area contributed by atoms with Crippen molar-refractivity contribution >= 4 is 23.6 Å². The van der Waals surface area contributed by atoms with Gasteiger partial charge < -0.3 is 9.47 Å². The van der Waals surface area contributed by atoms with Gasteiger partial charge in [-0.05, 0) is 42.8 Å². The van der Waals surface area contributed by atoms with E-state index >= 15 is 0 Å². The van der Waals surface area contributed by atoms with Crippen molar-refractivity contribution in [3.63, 3.8) is 0 Å². The molecule has 37 heavy (non-hydrogen) atoms. The lowest BCUT2D eigenvalue weighted by Crippen LogP contribution is -2.36. The van der Waals surface area contributed by atoms with Gasteiger partial charge >= 0.3 is 6.09 Å². The molecule has 2 heterocycles. The molecule has 0 spiro atoms. The Balaban J connectivity index is 1.40. The molecule has 1 saturated heterocycles. The van der Waals surface area contributed by atoms with E-state index in [2.05, 4.69) is 0 Å². The monoisotopic (exact) mass is 515 g/mol. The minimum Gasteiger partial charge on any atom is -0.493 e. The molecule has 1 aliphatic heterocycles. The Labute approximate surface area is 220 Å². The van der Waals surface area contributed by atoms with Gasteiger partial charge in [-0.2, -0.15) is 5.10 Å². The summed E-state index contributed by atoms with van der Waals surface area (Å²) in [5.74, 6) is 0.0402. The highest BCUT2D eigenvalue weighted by Gasteiger charge is 2.31. The van der Waals surface area contributed by atoms with Crippen molar-refractivity contribution in [2.75, 3.05) is 19.8 Å². The second kappa shape index (κ2) is 10.9. The van der Waals surface area contributed by atoms with E-state index in [4.69, 9.17) is 26.2 Å². The van der Waals surface area contributed by atoms with Crippen LogP contribution in [0.5, 0.6) is 5.75 Å². The van der Waals surface area contributed by atoms with Crippen LogP contribution in [0.15, 0.2) is 84.9 Å². The van der Waals surface area contributed by atoms with Crippen LogP contribution in [0, 0.1) is 5.92 Å². The first-order chi connectivity index (χ1) is 18.0. The predicted molar refractivity (Wildman–Crippen MR) is 142 cm³/mol. The molecule has 8 heteroatoms. The van der Waals surface area contributed by atoms with E-state index in [1.807, 2.05) is 89.6 Å². The van der Waals surface area contributed by atoms with E-state index in [1.54, 1.807) is 6.92 Å². The van der Waals surface area contributed by atoms with Crippen LogP contribution in [-0.4, -0.2) is 46.4 Å². The highest BCUT2D eigenvalue weighted by atomic mass is 35.5. The molecule has 5 rings (SSSR count). The molecule has 0 saturated carbocycles. The molecule has 1 aromatic heterocycles. The number of benzene rings is 3. The van der Waals surface area contributed by atoms with Crippen molar-refractivity contribution in [1.82, 2.24) is 14.7 Å². The summed E-state index contributed by atoms with van der Waals surface area (Å²) in [7, 11) is 0. The Hall–Kier alpha value is -4.10. The fraction of sp³-hybridized carbons (Fsp3) is 0.207. The second-order valence-electron chi connectivity index (χ2n) is 8.78. The average molecular weight is 516 g/mol. The lowest BCUT2D eigenvalue weighted by molar-refractivity contribution is -0.131. The minimum absolute atomic E-state index is 0.243. The van der Waals surface area contributed by atoms with Crippen LogP contribution in [0.2, 0.25) is 5.02 Å². The van der Waals surface area contributed by atoms with Gasteiger partial charge in [-0.25, -0.2) is 14.4 Å². The molecule has 0 radical (unpaired) electrons. The molecule has 0 N–H and O–H groups in total. The van der Waals surface area contributed by atoms with E-state index in [1.165, 1.54) is 0 Å². The molecular weight excluding hydrogens is 490 g/mol. The van der Waals surface area contributed by atoms with Gasteiger partial charge in [-0.3, -0.25) is 4.79 Å². The third kappa shape index (κ3) is 5.22. The third-order valence-electron chi connectivity index (χ3n) is 6.28. The van der Waals surface area contributed by atoms with E-state index in [0.29, 0.717) is 30.3 Å². The van der Waals surface area contributed by atoms with Crippen LogP contribution >= 0.6 is 11.6 Å². The number of para-hydroxylation sites is 2.